The van der Waals surface area contributed by atoms with E-state index in [0.29, 0.717) is 0 Å². The van der Waals surface area contributed by atoms with Crippen LogP contribution in [0.5, 0.6) is 0 Å². The van der Waals surface area contributed by atoms with E-state index in [1.54, 1.807) is 0 Å². The van der Waals surface area contributed by atoms with E-state index in [9.17, 15) is 0 Å². The Morgan fingerprint density at radius 1 is 1.00 bits per heavy atom. The van der Waals surface area contributed by atoms with Crippen LogP contribution < -0.4 is 29.6 Å². The van der Waals surface area contributed by atoms with Crippen LogP contribution in [0.25, 0.3) is 0 Å². The number of hydrogen-bond acceptors (Lipinski definition) is 0. The molecular formula is C8H22Al2Na+5. The van der Waals surface area contributed by atoms with Crippen LogP contribution in [0.1, 0.15) is 30.5 Å². The van der Waals surface area contributed by atoms with Gasteiger partial charge in [-0.25, -0.2) is 0 Å². The van der Waals surface area contributed by atoms with Gasteiger partial charge in [0.15, 0.2) is 0 Å². The molecule has 11 heavy (non-hydrogen) atoms. The average molecular weight is 195 g/mol. The van der Waals surface area contributed by atoms with Gasteiger partial charge in [-0.05, 0) is 0 Å². The van der Waals surface area contributed by atoms with Crippen LogP contribution in [0.2, 0.25) is 10.6 Å². The standard InChI is InChI=1S/2C4H9.2Al.Na.2H2/c2*1-4(2)3;;;;;/h2*4H,1H2,2-3H3;;;;2*1H/q;;+1;+3;+1;;. The summed E-state index contributed by atoms with van der Waals surface area (Å²) < 4.78 is 0. The number of rotatable bonds is 4. The van der Waals surface area contributed by atoms with E-state index in [1.807, 2.05) is 0 Å². The zero-order chi connectivity index (χ0) is 7.28. The molecule has 0 aliphatic rings. The summed E-state index contributed by atoms with van der Waals surface area (Å²) in [5.74, 6) is 1.86. The summed E-state index contributed by atoms with van der Waals surface area (Å²) in [6.45, 7) is 9.25. The molecule has 0 aliphatic carbocycles. The van der Waals surface area contributed by atoms with Crippen molar-refractivity contribution in [2.75, 3.05) is 0 Å². The van der Waals surface area contributed by atoms with E-state index in [2.05, 4.69) is 27.7 Å². The molecule has 0 unspecified atom stereocenters. The maximum absolute atomic E-state index is 2.31. The zero-order valence-electron chi connectivity index (χ0n) is 8.72. The minimum absolute atomic E-state index is 0. The van der Waals surface area contributed by atoms with Gasteiger partial charge in [-0.3, -0.25) is 0 Å². The Kier molecular flexibility index (Phi) is 20.6. The van der Waals surface area contributed by atoms with E-state index < -0.39 is 0 Å². The fourth-order valence-electron chi connectivity index (χ4n) is 0.763. The molecule has 0 rings (SSSR count). The van der Waals surface area contributed by atoms with Gasteiger partial charge < -0.3 is 0 Å². The normalized spacial score (nSPS) is 8.55. The molecule has 0 aliphatic heterocycles. The van der Waals surface area contributed by atoms with E-state index >= 15 is 0 Å². The first kappa shape index (κ1) is 18.8. The van der Waals surface area contributed by atoms with Gasteiger partial charge in [0.25, 0.3) is 0 Å². The van der Waals surface area contributed by atoms with Crippen molar-refractivity contribution in [2.24, 2.45) is 11.8 Å². The monoisotopic (exact) mass is 195 g/mol. The Morgan fingerprint density at radius 2 is 1.27 bits per heavy atom. The van der Waals surface area contributed by atoms with Crippen molar-refractivity contribution in [3.05, 3.63) is 0 Å². The molecule has 56 valence electrons. The molecule has 0 aromatic rings. The van der Waals surface area contributed by atoms with Gasteiger partial charge in [0, 0.05) is 2.85 Å². The molecule has 0 heterocycles. The molecule has 0 aromatic heterocycles. The molecule has 0 saturated heterocycles. The Bertz CT molecular complexity index is 65.2. The van der Waals surface area contributed by atoms with Crippen molar-refractivity contribution in [1.29, 1.82) is 0 Å². The first-order chi connectivity index (χ1) is 4.13. The summed E-state index contributed by atoms with van der Waals surface area (Å²) in [5, 5.41) is 2.97. The molecule has 0 saturated carbocycles. The predicted octanol–water partition coefficient (Wildman–Crippen LogP) is -0.0456. The van der Waals surface area contributed by atoms with Gasteiger partial charge in [0.1, 0.15) is 0 Å². The van der Waals surface area contributed by atoms with Gasteiger partial charge in [-0.15, -0.1) is 0 Å². The average Bonchev–Trinajstić information content (AvgIpc) is 1.63. The summed E-state index contributed by atoms with van der Waals surface area (Å²) in [6.07, 6.45) is 0. The minimum atomic E-state index is 0. The minimum Gasteiger partial charge on any atom is 0 e. The summed E-state index contributed by atoms with van der Waals surface area (Å²) >= 11 is 0.755. The van der Waals surface area contributed by atoms with Crippen LogP contribution in [0, 0.1) is 11.8 Å². The fraction of sp³-hybridized carbons (Fsp3) is 1.00. The van der Waals surface area contributed by atoms with Crippen molar-refractivity contribution in [3.63, 3.8) is 0 Å². The van der Waals surface area contributed by atoms with E-state index in [0.717, 1.165) is 27.1 Å². The van der Waals surface area contributed by atoms with Crippen LogP contribution >= 0.6 is 0 Å². The van der Waals surface area contributed by atoms with Crippen molar-refractivity contribution in [1.82, 2.24) is 0 Å². The third kappa shape index (κ3) is 18.8. The van der Waals surface area contributed by atoms with Crippen LogP contribution in [0.4, 0.5) is 0 Å². The molecule has 0 fully saturated rings. The van der Waals surface area contributed by atoms with Gasteiger partial charge in [-0.1, -0.05) is 0 Å². The molecule has 0 amide bonds. The van der Waals surface area contributed by atoms with E-state index in [-0.39, 0.29) is 49.8 Å². The largest absolute Gasteiger partial charge is 3.00 e. The second kappa shape index (κ2) is 12.1. The first-order valence-corrected chi connectivity index (χ1v) is 5.58. The van der Waals surface area contributed by atoms with Crippen molar-refractivity contribution >= 4 is 32.6 Å². The Morgan fingerprint density at radius 3 is 1.45 bits per heavy atom. The second-order valence-corrected chi connectivity index (χ2v) is 5.07. The van der Waals surface area contributed by atoms with Crippen LogP contribution in [-0.2, 0) is 0 Å². The van der Waals surface area contributed by atoms with Gasteiger partial charge in [0.2, 0.25) is 0 Å². The van der Waals surface area contributed by atoms with Gasteiger partial charge >= 0.3 is 112 Å². The Labute approximate surface area is 114 Å². The summed E-state index contributed by atoms with van der Waals surface area (Å²) in [6, 6.07) is 0. The molecule has 0 nitrogen and oxygen atoms in total. The smallest absolute Gasteiger partial charge is 0 e. The number of hydrogen-bond donors (Lipinski definition) is 0. The molecule has 0 radical (unpaired) electrons. The first-order valence-electron chi connectivity index (χ1n) is 3.94. The molecule has 0 spiro atoms. The Balaban J connectivity index is -0.0000000533. The maximum Gasteiger partial charge on any atom is 3.00 e. The third-order valence-electron chi connectivity index (χ3n) is 1.28. The molecule has 3 heteroatoms. The van der Waals surface area contributed by atoms with Crippen LogP contribution in [0.15, 0.2) is 0 Å². The topological polar surface area (TPSA) is 0 Å². The SMILES string of the molecule is CC(C)[CH2][Al+][CH2]C(C)C.[Al+3].[HH].[HH].[Na+]. The second-order valence-electron chi connectivity index (χ2n) is 3.55. The molecule has 0 atom stereocenters. The summed E-state index contributed by atoms with van der Waals surface area (Å²) in [5.41, 5.74) is 0. The van der Waals surface area contributed by atoms with Crippen LogP contribution in [-0.4, -0.2) is 32.6 Å². The zero-order valence-corrected chi connectivity index (χ0v) is 13.0. The quantitative estimate of drug-likeness (QED) is 0.552. The maximum atomic E-state index is 2.31. The van der Waals surface area contributed by atoms with Crippen molar-refractivity contribution in [3.8, 4) is 0 Å². The third-order valence-corrected chi connectivity index (χ3v) is 3.83. The van der Waals surface area contributed by atoms with E-state index in [4.69, 9.17) is 0 Å². The van der Waals surface area contributed by atoms with Gasteiger partial charge in [0.05, 0.1) is 0 Å². The van der Waals surface area contributed by atoms with Crippen LogP contribution in [0.3, 0.4) is 0 Å². The Hall–Kier alpha value is 2.06. The fourth-order valence-corrected chi connectivity index (χ4v) is 2.29. The van der Waals surface area contributed by atoms with E-state index in [1.165, 1.54) is 10.6 Å². The van der Waals surface area contributed by atoms with Gasteiger partial charge in [-0.2, -0.15) is 0 Å². The van der Waals surface area contributed by atoms with Crippen molar-refractivity contribution < 1.29 is 32.4 Å². The molecule has 0 aromatic carbocycles. The summed E-state index contributed by atoms with van der Waals surface area (Å²) in [4.78, 5) is 0. The molecular weight excluding hydrogens is 173 g/mol. The summed E-state index contributed by atoms with van der Waals surface area (Å²) in [7, 11) is 0. The molecule has 0 bridgehead atoms. The van der Waals surface area contributed by atoms with Crippen molar-refractivity contribution in [2.45, 2.75) is 38.3 Å². The molecule has 0 N–H and O–H groups in total. The predicted molar refractivity (Wildman–Crippen MR) is 55.0 cm³/mol.